The van der Waals surface area contributed by atoms with Gasteiger partial charge in [-0.15, -0.1) is 0 Å². The summed E-state index contributed by atoms with van der Waals surface area (Å²) < 4.78 is 0. The predicted molar refractivity (Wildman–Crippen MR) is 114 cm³/mol. The first-order valence-electron chi connectivity index (χ1n) is 9.76. The molecular weight excluding hydrogens is 350 g/mol. The molecule has 3 aromatic heterocycles. The van der Waals surface area contributed by atoms with Gasteiger partial charge < -0.3 is 10.3 Å². The largest absolute Gasteiger partial charge is 0.367 e. The van der Waals surface area contributed by atoms with Crippen molar-refractivity contribution in [1.82, 2.24) is 20.2 Å². The molecule has 3 unspecified atom stereocenters. The summed E-state index contributed by atoms with van der Waals surface area (Å²) in [5.41, 5.74) is 3.80. The van der Waals surface area contributed by atoms with Crippen LogP contribution in [0.2, 0.25) is 0 Å². The molecule has 3 N–H and O–H groups in total. The number of H-pyrrole nitrogens is 2. The van der Waals surface area contributed by atoms with Crippen molar-refractivity contribution >= 4 is 22.8 Å². The van der Waals surface area contributed by atoms with Gasteiger partial charge in [0.15, 0.2) is 0 Å². The van der Waals surface area contributed by atoms with Crippen LogP contribution in [0.25, 0.3) is 17.0 Å². The van der Waals surface area contributed by atoms with Gasteiger partial charge in [0.2, 0.25) is 0 Å². The van der Waals surface area contributed by atoms with Gasteiger partial charge in [0.1, 0.15) is 5.82 Å². The van der Waals surface area contributed by atoms with E-state index in [0.29, 0.717) is 5.39 Å². The normalized spacial score (nSPS) is 20.2. The van der Waals surface area contributed by atoms with Crippen molar-refractivity contribution < 1.29 is 0 Å². The van der Waals surface area contributed by atoms with Gasteiger partial charge in [-0.3, -0.25) is 9.89 Å². The zero-order valence-corrected chi connectivity index (χ0v) is 17.0. The van der Waals surface area contributed by atoms with Crippen LogP contribution in [0.4, 0.5) is 5.82 Å². The number of hydrogen-bond acceptors (Lipinski definition) is 4. The highest BCUT2D eigenvalue weighted by Crippen LogP contribution is 2.44. The number of nitrogens with zero attached hydrogens (tertiary/aromatic N) is 2. The summed E-state index contributed by atoms with van der Waals surface area (Å²) in [5.74, 6) is 1.08. The second-order valence-corrected chi connectivity index (χ2v) is 8.77. The average Bonchev–Trinajstić information content (AvgIpc) is 3.15. The van der Waals surface area contributed by atoms with E-state index in [1.807, 2.05) is 12.1 Å². The molecule has 28 heavy (non-hydrogen) atoms. The molecule has 6 nitrogen and oxygen atoms in total. The summed E-state index contributed by atoms with van der Waals surface area (Å²) in [6.45, 7) is 10.9. The Kier molecular flexibility index (Phi) is 4.37. The van der Waals surface area contributed by atoms with Gasteiger partial charge in [-0.1, -0.05) is 39.8 Å². The highest BCUT2D eigenvalue weighted by Gasteiger charge is 2.31. The van der Waals surface area contributed by atoms with Crippen LogP contribution < -0.4 is 10.9 Å². The van der Waals surface area contributed by atoms with Crippen molar-refractivity contribution in [3.63, 3.8) is 0 Å². The molecule has 3 heterocycles. The number of anilines is 1. The third-order valence-electron chi connectivity index (χ3n) is 5.98. The Bertz CT molecular complexity index is 1090. The Balaban J connectivity index is 1.93. The lowest BCUT2D eigenvalue weighted by molar-refractivity contribution is 0.359. The van der Waals surface area contributed by atoms with E-state index in [1.54, 1.807) is 12.4 Å². The maximum Gasteiger partial charge on any atom is 0.257 e. The van der Waals surface area contributed by atoms with Crippen molar-refractivity contribution in [2.45, 2.75) is 52.5 Å². The first-order valence-corrected chi connectivity index (χ1v) is 9.76. The number of fused-ring (bicyclic) bond motifs is 3. The molecular formula is C22H27N5O. The standard InChI is InChI=1S/C22H27N5O/c1-12-14(16-9-11-24-27-16)6-7-15-18(12)19-17(8-10-23-21(19)28)26-20(15)25-13(2)22(3,4)5/h6-14H,1-5H3,(H,23,28)(H,24,27)(H,25,26). The molecule has 0 radical (unpaired) electrons. The van der Waals surface area contributed by atoms with E-state index in [9.17, 15) is 4.79 Å². The smallest absolute Gasteiger partial charge is 0.257 e. The summed E-state index contributed by atoms with van der Waals surface area (Å²) in [5, 5.41) is 11.5. The van der Waals surface area contributed by atoms with Crippen LogP contribution in [-0.2, 0) is 0 Å². The lowest BCUT2D eigenvalue weighted by Gasteiger charge is -2.32. The van der Waals surface area contributed by atoms with Crippen LogP contribution in [0.15, 0.2) is 35.4 Å². The maximum atomic E-state index is 12.7. The van der Waals surface area contributed by atoms with E-state index >= 15 is 0 Å². The van der Waals surface area contributed by atoms with Gasteiger partial charge in [0.25, 0.3) is 5.56 Å². The van der Waals surface area contributed by atoms with Crippen molar-refractivity contribution in [2.75, 3.05) is 5.32 Å². The number of pyridine rings is 2. The Morgan fingerprint density at radius 2 is 2.04 bits per heavy atom. The molecule has 3 atom stereocenters. The topological polar surface area (TPSA) is 86.5 Å². The molecule has 6 heteroatoms. The fraction of sp³-hybridized carbons (Fsp3) is 0.409. The molecule has 1 aliphatic carbocycles. The van der Waals surface area contributed by atoms with Gasteiger partial charge in [0, 0.05) is 35.6 Å². The lowest BCUT2D eigenvalue weighted by Crippen LogP contribution is -2.32. The molecule has 146 valence electrons. The number of hydrogen-bond donors (Lipinski definition) is 3. The minimum Gasteiger partial charge on any atom is -0.367 e. The maximum absolute atomic E-state index is 12.7. The number of aromatic nitrogens is 4. The predicted octanol–water partition coefficient (Wildman–Crippen LogP) is 4.41. The molecule has 0 saturated carbocycles. The summed E-state index contributed by atoms with van der Waals surface area (Å²) in [6, 6.07) is 4.09. The van der Waals surface area contributed by atoms with E-state index in [4.69, 9.17) is 4.98 Å². The van der Waals surface area contributed by atoms with Crippen molar-refractivity contribution in [2.24, 2.45) is 5.41 Å². The molecule has 3 aromatic rings. The van der Waals surface area contributed by atoms with E-state index < -0.39 is 0 Å². The van der Waals surface area contributed by atoms with Crippen molar-refractivity contribution in [3.8, 4) is 0 Å². The minimum absolute atomic E-state index is 0.0835. The number of rotatable bonds is 3. The van der Waals surface area contributed by atoms with Gasteiger partial charge in [0.05, 0.1) is 10.9 Å². The number of allylic oxidation sites excluding steroid dienone is 1. The monoisotopic (exact) mass is 377 g/mol. The average molecular weight is 377 g/mol. The zero-order valence-electron chi connectivity index (χ0n) is 17.0. The second-order valence-electron chi connectivity index (χ2n) is 8.77. The van der Waals surface area contributed by atoms with Crippen LogP contribution in [0.3, 0.4) is 0 Å². The second kappa shape index (κ2) is 6.62. The Morgan fingerprint density at radius 1 is 1.25 bits per heavy atom. The highest BCUT2D eigenvalue weighted by atomic mass is 16.1. The Labute approximate surface area is 164 Å². The van der Waals surface area contributed by atoms with E-state index in [-0.39, 0.29) is 28.9 Å². The summed E-state index contributed by atoms with van der Waals surface area (Å²) in [7, 11) is 0. The summed E-state index contributed by atoms with van der Waals surface area (Å²) in [6.07, 6.45) is 7.70. The van der Waals surface area contributed by atoms with Gasteiger partial charge in [-0.25, -0.2) is 4.98 Å². The Hall–Kier alpha value is -2.89. The fourth-order valence-corrected chi connectivity index (χ4v) is 3.81. The molecule has 0 bridgehead atoms. The molecule has 0 amide bonds. The first-order chi connectivity index (χ1) is 13.3. The summed E-state index contributed by atoms with van der Waals surface area (Å²) in [4.78, 5) is 20.4. The molecule has 0 aromatic carbocycles. The van der Waals surface area contributed by atoms with Crippen LogP contribution in [0.1, 0.15) is 63.3 Å². The quantitative estimate of drug-likeness (QED) is 0.631. The minimum atomic E-state index is -0.0952. The summed E-state index contributed by atoms with van der Waals surface area (Å²) >= 11 is 0. The molecule has 0 aliphatic heterocycles. The lowest BCUT2D eigenvalue weighted by atomic mass is 9.77. The van der Waals surface area contributed by atoms with Crippen LogP contribution >= 0.6 is 0 Å². The molecule has 0 spiro atoms. The van der Waals surface area contributed by atoms with Crippen LogP contribution in [-0.4, -0.2) is 26.2 Å². The zero-order chi connectivity index (χ0) is 20.1. The van der Waals surface area contributed by atoms with E-state index in [1.165, 1.54) is 0 Å². The van der Waals surface area contributed by atoms with Gasteiger partial charge >= 0.3 is 0 Å². The Morgan fingerprint density at radius 3 is 2.71 bits per heavy atom. The third-order valence-corrected chi connectivity index (χ3v) is 5.98. The van der Waals surface area contributed by atoms with Crippen LogP contribution in [0.5, 0.6) is 0 Å². The SMILES string of the molecule is CC1c2c(c(NC(C)C(C)(C)C)nc3cc[nH]c(=O)c23)C=CC1c1ccn[nH]1. The van der Waals surface area contributed by atoms with E-state index in [2.05, 4.69) is 67.3 Å². The van der Waals surface area contributed by atoms with Crippen molar-refractivity contribution in [1.29, 1.82) is 0 Å². The number of aromatic amines is 2. The molecule has 0 saturated heterocycles. The van der Waals surface area contributed by atoms with E-state index in [0.717, 1.165) is 28.2 Å². The van der Waals surface area contributed by atoms with Gasteiger partial charge in [-0.05, 0) is 36.0 Å². The third kappa shape index (κ3) is 3.03. The fourth-order valence-electron chi connectivity index (χ4n) is 3.81. The molecule has 0 fully saturated rings. The number of nitrogens with one attached hydrogen (secondary N) is 3. The van der Waals surface area contributed by atoms with Crippen molar-refractivity contribution in [3.05, 3.63) is 57.8 Å². The molecule has 4 rings (SSSR count). The van der Waals surface area contributed by atoms with Crippen LogP contribution in [0, 0.1) is 5.41 Å². The highest BCUT2D eigenvalue weighted by molar-refractivity contribution is 5.90. The first kappa shape index (κ1) is 18.5. The molecule has 1 aliphatic rings. The van der Waals surface area contributed by atoms with Gasteiger partial charge in [-0.2, -0.15) is 5.10 Å².